The van der Waals surface area contributed by atoms with Crippen molar-refractivity contribution in [3.63, 3.8) is 0 Å². The van der Waals surface area contributed by atoms with Crippen LogP contribution >= 0.6 is 0 Å². The molecule has 0 saturated carbocycles. The first-order chi connectivity index (χ1) is 10.2. The predicted molar refractivity (Wildman–Crippen MR) is 81.3 cm³/mol. The van der Waals surface area contributed by atoms with Gasteiger partial charge in [-0.2, -0.15) is 0 Å². The van der Waals surface area contributed by atoms with Crippen LogP contribution in [-0.4, -0.2) is 11.5 Å². The lowest BCUT2D eigenvalue weighted by Crippen LogP contribution is -2.23. The van der Waals surface area contributed by atoms with Gasteiger partial charge in [0, 0.05) is 30.2 Å². The van der Waals surface area contributed by atoms with E-state index in [9.17, 15) is 10.1 Å². The summed E-state index contributed by atoms with van der Waals surface area (Å²) in [6, 6.07) is 8.88. The molecule has 1 heterocycles. The molecule has 0 aliphatic carbocycles. The van der Waals surface area contributed by atoms with E-state index in [1.54, 1.807) is 18.4 Å². The summed E-state index contributed by atoms with van der Waals surface area (Å²) < 4.78 is 5.50. The van der Waals surface area contributed by atoms with Crippen molar-refractivity contribution in [2.75, 3.05) is 6.54 Å². The third-order valence-corrected chi connectivity index (χ3v) is 3.51. The smallest absolute Gasteiger partial charge is 0.269 e. The highest BCUT2D eigenvalue weighted by atomic mass is 16.6. The average Bonchev–Trinajstić information content (AvgIpc) is 2.95. The second-order valence-corrected chi connectivity index (χ2v) is 4.89. The summed E-state index contributed by atoms with van der Waals surface area (Å²) in [4.78, 5) is 10.3. The van der Waals surface area contributed by atoms with Crippen molar-refractivity contribution in [1.82, 2.24) is 5.32 Å². The van der Waals surface area contributed by atoms with Crippen molar-refractivity contribution in [2.45, 2.75) is 32.7 Å². The zero-order chi connectivity index (χ0) is 15.2. The quantitative estimate of drug-likeness (QED) is 0.624. The van der Waals surface area contributed by atoms with Crippen LogP contribution in [0.1, 0.15) is 36.8 Å². The number of nitrogens with zero attached hydrogens (tertiary/aromatic N) is 1. The summed E-state index contributed by atoms with van der Waals surface area (Å²) in [6.07, 6.45) is 3.34. The van der Waals surface area contributed by atoms with Crippen molar-refractivity contribution >= 4 is 5.69 Å². The summed E-state index contributed by atoms with van der Waals surface area (Å²) >= 11 is 0. The van der Waals surface area contributed by atoms with Crippen molar-refractivity contribution in [2.24, 2.45) is 0 Å². The van der Waals surface area contributed by atoms with Crippen LogP contribution in [0.25, 0.3) is 0 Å². The first-order valence-electron chi connectivity index (χ1n) is 7.18. The van der Waals surface area contributed by atoms with Crippen LogP contribution in [0, 0.1) is 10.1 Å². The third-order valence-electron chi connectivity index (χ3n) is 3.51. The van der Waals surface area contributed by atoms with Crippen molar-refractivity contribution in [1.29, 1.82) is 0 Å². The van der Waals surface area contributed by atoms with Gasteiger partial charge in [-0.15, -0.1) is 0 Å². The lowest BCUT2D eigenvalue weighted by molar-refractivity contribution is -0.384. The normalized spacial score (nSPS) is 12.3. The van der Waals surface area contributed by atoms with Crippen molar-refractivity contribution < 1.29 is 9.34 Å². The predicted octanol–water partition coefficient (Wildman–Crippen LogP) is 3.64. The fourth-order valence-electron chi connectivity index (χ4n) is 2.48. The van der Waals surface area contributed by atoms with Gasteiger partial charge in [-0.3, -0.25) is 10.1 Å². The maximum Gasteiger partial charge on any atom is 0.269 e. The Morgan fingerprint density at radius 2 is 1.95 bits per heavy atom. The molecule has 0 aliphatic heterocycles. The molecule has 0 radical (unpaired) electrons. The van der Waals surface area contributed by atoms with Gasteiger partial charge in [-0.05, 0) is 24.6 Å². The number of furan rings is 1. The van der Waals surface area contributed by atoms with E-state index in [-0.39, 0.29) is 16.7 Å². The largest absolute Gasteiger partial charge is 0.469 e. The Hall–Kier alpha value is -2.14. The van der Waals surface area contributed by atoms with Crippen LogP contribution in [0.5, 0.6) is 0 Å². The Kier molecular flexibility index (Phi) is 5.11. The molecule has 1 unspecified atom stereocenters. The molecule has 1 atom stereocenters. The molecule has 1 aromatic heterocycles. The Morgan fingerprint density at radius 1 is 1.24 bits per heavy atom. The van der Waals surface area contributed by atoms with E-state index in [4.69, 9.17) is 4.42 Å². The molecule has 1 N–H and O–H groups in total. The third kappa shape index (κ3) is 3.70. The van der Waals surface area contributed by atoms with Crippen molar-refractivity contribution in [3.8, 4) is 0 Å². The van der Waals surface area contributed by atoms with E-state index in [0.717, 1.165) is 36.3 Å². The minimum absolute atomic E-state index is 0.122. The highest BCUT2D eigenvalue weighted by Crippen LogP contribution is 2.24. The van der Waals surface area contributed by atoms with E-state index >= 15 is 0 Å². The molecule has 5 heteroatoms. The van der Waals surface area contributed by atoms with Gasteiger partial charge in [-0.1, -0.05) is 26.0 Å². The van der Waals surface area contributed by atoms with Crippen LogP contribution in [0.3, 0.4) is 0 Å². The molecule has 2 rings (SSSR count). The second-order valence-electron chi connectivity index (χ2n) is 4.89. The van der Waals surface area contributed by atoms with Gasteiger partial charge >= 0.3 is 0 Å². The molecule has 112 valence electrons. The SMILES string of the molecule is CCNC(Cc1ccc([N+](=O)[O-])cc1)c1ccoc1CC. The van der Waals surface area contributed by atoms with Gasteiger partial charge in [-0.25, -0.2) is 0 Å². The molecule has 0 amide bonds. The molecule has 21 heavy (non-hydrogen) atoms. The van der Waals surface area contributed by atoms with Gasteiger partial charge in [0.25, 0.3) is 5.69 Å². The van der Waals surface area contributed by atoms with Crippen LogP contribution in [0.2, 0.25) is 0 Å². The van der Waals surface area contributed by atoms with Gasteiger partial charge in [0.1, 0.15) is 5.76 Å². The lowest BCUT2D eigenvalue weighted by atomic mass is 9.98. The Morgan fingerprint density at radius 3 is 2.52 bits per heavy atom. The molecule has 2 aromatic rings. The number of hydrogen-bond donors (Lipinski definition) is 1. The molecular formula is C16H20N2O3. The molecule has 5 nitrogen and oxygen atoms in total. The molecule has 0 bridgehead atoms. The van der Waals surface area contributed by atoms with E-state index in [1.807, 2.05) is 18.2 Å². The average molecular weight is 288 g/mol. The number of hydrogen-bond acceptors (Lipinski definition) is 4. The Balaban J connectivity index is 2.18. The summed E-state index contributed by atoms with van der Waals surface area (Å²) in [7, 11) is 0. The van der Waals surface area contributed by atoms with Gasteiger partial charge in [0.2, 0.25) is 0 Å². The maximum absolute atomic E-state index is 10.7. The molecule has 0 fully saturated rings. The van der Waals surface area contributed by atoms with E-state index in [0.29, 0.717) is 0 Å². The molecule has 0 aliphatic rings. The van der Waals surface area contributed by atoms with Gasteiger partial charge < -0.3 is 9.73 Å². The number of nitro groups is 1. The zero-order valence-electron chi connectivity index (χ0n) is 12.3. The molecule has 1 aromatic carbocycles. The summed E-state index contributed by atoms with van der Waals surface area (Å²) in [6.45, 7) is 4.98. The number of non-ortho nitro benzene ring substituents is 1. The molecule has 0 saturated heterocycles. The first kappa shape index (κ1) is 15.3. The van der Waals surface area contributed by atoms with Crippen LogP contribution < -0.4 is 5.32 Å². The number of nitrogens with one attached hydrogen (secondary N) is 1. The van der Waals surface area contributed by atoms with Crippen LogP contribution in [-0.2, 0) is 12.8 Å². The first-order valence-corrected chi connectivity index (χ1v) is 7.18. The fraction of sp³-hybridized carbons (Fsp3) is 0.375. The second kappa shape index (κ2) is 7.04. The van der Waals surface area contributed by atoms with E-state index in [2.05, 4.69) is 19.2 Å². The topological polar surface area (TPSA) is 68.3 Å². The number of rotatable bonds is 7. The zero-order valence-corrected chi connectivity index (χ0v) is 12.3. The summed E-state index contributed by atoms with van der Waals surface area (Å²) in [5.74, 6) is 0.989. The summed E-state index contributed by atoms with van der Waals surface area (Å²) in [5.41, 5.74) is 2.35. The van der Waals surface area contributed by atoms with Gasteiger partial charge in [0.15, 0.2) is 0 Å². The van der Waals surface area contributed by atoms with E-state index in [1.165, 1.54) is 0 Å². The van der Waals surface area contributed by atoms with Crippen LogP contribution in [0.4, 0.5) is 5.69 Å². The van der Waals surface area contributed by atoms with Crippen molar-refractivity contribution in [3.05, 3.63) is 63.6 Å². The minimum atomic E-state index is -0.378. The Labute approximate surface area is 124 Å². The van der Waals surface area contributed by atoms with Gasteiger partial charge in [0.05, 0.1) is 11.2 Å². The number of benzene rings is 1. The highest BCUT2D eigenvalue weighted by Gasteiger charge is 2.17. The van der Waals surface area contributed by atoms with Crippen LogP contribution in [0.15, 0.2) is 41.0 Å². The maximum atomic E-state index is 10.7. The number of aryl methyl sites for hydroxylation is 1. The number of nitro benzene ring substituents is 1. The lowest BCUT2D eigenvalue weighted by Gasteiger charge is -2.18. The monoisotopic (exact) mass is 288 g/mol. The Bertz CT molecular complexity index is 590. The minimum Gasteiger partial charge on any atom is -0.469 e. The van der Waals surface area contributed by atoms with E-state index < -0.39 is 0 Å². The molecule has 0 spiro atoms. The fourth-order valence-corrected chi connectivity index (χ4v) is 2.48. The highest BCUT2D eigenvalue weighted by molar-refractivity contribution is 5.34. The molecular weight excluding hydrogens is 268 g/mol. The summed E-state index contributed by atoms with van der Waals surface area (Å²) in [5, 5.41) is 14.1. The standard InChI is InChI=1S/C16H20N2O3/c1-3-16-14(9-10-21-16)15(17-4-2)11-12-5-7-13(8-6-12)18(19)20/h5-10,15,17H,3-4,11H2,1-2H3. The number of likely N-dealkylation sites (N-methyl/N-ethyl adjacent to an activating group) is 1.